The van der Waals surface area contributed by atoms with Gasteiger partial charge < -0.3 is 14.9 Å². The molecular weight excluding hydrogens is 302 g/mol. The summed E-state index contributed by atoms with van der Waals surface area (Å²) in [6.07, 6.45) is 4.20. The van der Waals surface area contributed by atoms with Crippen LogP contribution in [0, 0.1) is 0 Å². The number of aromatic amines is 1. The van der Waals surface area contributed by atoms with Gasteiger partial charge in [0.1, 0.15) is 0 Å². The minimum absolute atomic E-state index is 0.0783. The number of aryl methyl sites for hydroxylation is 1. The van der Waals surface area contributed by atoms with Crippen LogP contribution in [0.1, 0.15) is 15.9 Å². The molecule has 2 aromatic carbocycles. The Hall–Kier alpha value is -3.15. The number of benzene rings is 2. The molecule has 4 rings (SSSR count). The Morgan fingerprint density at radius 3 is 3.00 bits per heavy atom. The largest absolute Gasteiger partial charge is 0.352 e. The van der Waals surface area contributed by atoms with Gasteiger partial charge in [0.15, 0.2) is 0 Å². The molecule has 6 heteroatoms. The minimum atomic E-state index is -0.0783. The van der Waals surface area contributed by atoms with Crippen molar-refractivity contribution < 1.29 is 4.79 Å². The van der Waals surface area contributed by atoms with Gasteiger partial charge in [0, 0.05) is 19.2 Å². The molecule has 2 heterocycles. The van der Waals surface area contributed by atoms with Crippen molar-refractivity contribution in [2.24, 2.45) is 7.05 Å². The molecule has 0 saturated heterocycles. The van der Waals surface area contributed by atoms with Gasteiger partial charge >= 0.3 is 0 Å². The Morgan fingerprint density at radius 2 is 2.08 bits per heavy atom. The van der Waals surface area contributed by atoms with Crippen LogP contribution >= 0.6 is 0 Å². The van der Waals surface area contributed by atoms with Crippen molar-refractivity contribution in [2.45, 2.75) is 6.42 Å². The molecule has 2 N–H and O–H groups in total. The number of imidazole rings is 2. The zero-order valence-corrected chi connectivity index (χ0v) is 13.3. The zero-order valence-electron chi connectivity index (χ0n) is 13.3. The second-order valence-electron chi connectivity index (χ2n) is 5.82. The van der Waals surface area contributed by atoms with Gasteiger partial charge in [-0.05, 0) is 42.3 Å². The monoisotopic (exact) mass is 319 g/mol. The summed E-state index contributed by atoms with van der Waals surface area (Å²) in [4.78, 5) is 23.8. The molecule has 0 saturated carbocycles. The van der Waals surface area contributed by atoms with Crippen LogP contribution in [0.3, 0.4) is 0 Å². The van der Waals surface area contributed by atoms with E-state index < -0.39 is 0 Å². The molecule has 0 radical (unpaired) electrons. The lowest BCUT2D eigenvalue weighted by molar-refractivity contribution is 0.0954. The molecule has 1 amide bonds. The molecule has 120 valence electrons. The first-order chi connectivity index (χ1) is 11.7. The lowest BCUT2D eigenvalue weighted by atomic mass is 10.1. The number of carbonyl (C=O) groups excluding carboxylic acids is 1. The number of hydrogen-bond acceptors (Lipinski definition) is 3. The second kappa shape index (κ2) is 5.81. The number of nitrogens with zero attached hydrogens (tertiary/aromatic N) is 3. The lowest BCUT2D eigenvalue weighted by Crippen LogP contribution is -2.25. The van der Waals surface area contributed by atoms with Gasteiger partial charge in [-0.15, -0.1) is 0 Å². The van der Waals surface area contributed by atoms with Gasteiger partial charge in [0.2, 0.25) is 0 Å². The van der Waals surface area contributed by atoms with E-state index in [0.717, 1.165) is 34.1 Å². The topological polar surface area (TPSA) is 75.6 Å². The van der Waals surface area contributed by atoms with Crippen molar-refractivity contribution in [1.82, 2.24) is 24.8 Å². The SMILES string of the molecule is Cn1cnc2cc(CCNC(=O)c3ccc4nc[nH]c4c3)ccc21. The van der Waals surface area contributed by atoms with Crippen LogP contribution < -0.4 is 5.32 Å². The maximum atomic E-state index is 12.3. The number of hydrogen-bond donors (Lipinski definition) is 2. The quantitative estimate of drug-likeness (QED) is 0.606. The minimum Gasteiger partial charge on any atom is -0.352 e. The van der Waals surface area contributed by atoms with Gasteiger partial charge in [-0.1, -0.05) is 6.07 Å². The van der Waals surface area contributed by atoms with E-state index in [0.29, 0.717) is 12.1 Å². The molecule has 0 bridgehead atoms. The van der Waals surface area contributed by atoms with Crippen LogP contribution in [0.15, 0.2) is 49.1 Å². The number of nitrogens with one attached hydrogen (secondary N) is 2. The summed E-state index contributed by atoms with van der Waals surface area (Å²) >= 11 is 0. The Labute approximate surface area is 138 Å². The fourth-order valence-corrected chi connectivity index (χ4v) is 2.84. The maximum absolute atomic E-state index is 12.3. The lowest BCUT2D eigenvalue weighted by Gasteiger charge is -2.06. The van der Waals surface area contributed by atoms with E-state index in [-0.39, 0.29) is 5.91 Å². The smallest absolute Gasteiger partial charge is 0.251 e. The molecule has 0 aliphatic heterocycles. The number of aromatic nitrogens is 4. The van der Waals surface area contributed by atoms with Crippen molar-refractivity contribution in [2.75, 3.05) is 6.54 Å². The van der Waals surface area contributed by atoms with E-state index in [2.05, 4.69) is 38.5 Å². The first-order valence-electron chi connectivity index (χ1n) is 7.82. The van der Waals surface area contributed by atoms with Crippen molar-refractivity contribution in [3.63, 3.8) is 0 Å². The van der Waals surface area contributed by atoms with Gasteiger partial charge in [0.05, 0.1) is 34.7 Å². The second-order valence-corrected chi connectivity index (χ2v) is 5.82. The van der Waals surface area contributed by atoms with Crippen LogP contribution in [0.2, 0.25) is 0 Å². The predicted octanol–water partition coefficient (Wildman–Crippen LogP) is 2.42. The van der Waals surface area contributed by atoms with E-state index in [1.807, 2.05) is 30.1 Å². The van der Waals surface area contributed by atoms with Crippen LogP contribution in [0.4, 0.5) is 0 Å². The Bertz CT molecular complexity index is 1030. The predicted molar refractivity (Wildman–Crippen MR) is 92.8 cm³/mol. The summed E-state index contributed by atoms with van der Waals surface area (Å²) in [5, 5.41) is 2.96. The van der Waals surface area contributed by atoms with Crippen LogP contribution in [-0.4, -0.2) is 32.0 Å². The van der Waals surface area contributed by atoms with Gasteiger partial charge in [-0.25, -0.2) is 9.97 Å². The molecule has 0 atom stereocenters. The zero-order chi connectivity index (χ0) is 16.5. The third kappa shape index (κ3) is 2.62. The number of carbonyl (C=O) groups is 1. The molecule has 0 aliphatic carbocycles. The van der Waals surface area contributed by atoms with E-state index in [4.69, 9.17) is 0 Å². The van der Waals surface area contributed by atoms with Crippen molar-refractivity contribution in [1.29, 1.82) is 0 Å². The van der Waals surface area contributed by atoms with Crippen LogP contribution in [0.5, 0.6) is 0 Å². The third-order valence-corrected chi connectivity index (χ3v) is 4.17. The Kier molecular flexibility index (Phi) is 3.49. The molecule has 0 spiro atoms. The van der Waals surface area contributed by atoms with Crippen LogP contribution in [0.25, 0.3) is 22.1 Å². The Balaban J connectivity index is 1.41. The highest BCUT2D eigenvalue weighted by Gasteiger charge is 2.07. The molecule has 24 heavy (non-hydrogen) atoms. The van der Waals surface area contributed by atoms with E-state index in [1.165, 1.54) is 0 Å². The first-order valence-corrected chi connectivity index (χ1v) is 7.82. The maximum Gasteiger partial charge on any atom is 0.251 e. The third-order valence-electron chi connectivity index (χ3n) is 4.17. The molecule has 0 aliphatic rings. The summed E-state index contributed by atoms with van der Waals surface area (Å²) < 4.78 is 1.99. The molecule has 0 unspecified atom stereocenters. The molecule has 2 aromatic heterocycles. The number of amides is 1. The summed E-state index contributed by atoms with van der Waals surface area (Å²) in [5.41, 5.74) is 5.59. The summed E-state index contributed by atoms with van der Waals surface area (Å²) in [5.74, 6) is -0.0783. The van der Waals surface area contributed by atoms with Gasteiger partial charge in [0.25, 0.3) is 5.91 Å². The highest BCUT2D eigenvalue weighted by Crippen LogP contribution is 2.14. The van der Waals surface area contributed by atoms with E-state index in [9.17, 15) is 4.79 Å². The number of H-pyrrole nitrogens is 1. The molecule has 4 aromatic rings. The average Bonchev–Trinajstić information content (AvgIpc) is 3.20. The van der Waals surface area contributed by atoms with Crippen molar-refractivity contribution in [3.8, 4) is 0 Å². The number of rotatable bonds is 4. The van der Waals surface area contributed by atoms with Gasteiger partial charge in [-0.3, -0.25) is 4.79 Å². The van der Waals surface area contributed by atoms with E-state index in [1.54, 1.807) is 12.4 Å². The summed E-state index contributed by atoms with van der Waals surface area (Å²) in [6.45, 7) is 0.582. The molecular formula is C18H17N5O. The highest BCUT2D eigenvalue weighted by molar-refractivity contribution is 5.97. The Morgan fingerprint density at radius 1 is 1.17 bits per heavy atom. The van der Waals surface area contributed by atoms with E-state index >= 15 is 0 Å². The summed E-state index contributed by atoms with van der Waals surface area (Å²) in [7, 11) is 1.98. The standard InChI is InChI=1S/C18H17N5O/c1-23-11-22-16-8-12(2-5-17(16)23)6-7-19-18(24)13-3-4-14-15(9-13)21-10-20-14/h2-5,8-11H,6-7H2,1H3,(H,19,24)(H,20,21). The summed E-state index contributed by atoms with van der Waals surface area (Å²) in [6, 6.07) is 11.7. The fraction of sp³-hybridized carbons (Fsp3) is 0.167. The van der Waals surface area contributed by atoms with Gasteiger partial charge in [-0.2, -0.15) is 0 Å². The van der Waals surface area contributed by atoms with Crippen molar-refractivity contribution in [3.05, 3.63) is 60.2 Å². The van der Waals surface area contributed by atoms with Crippen LogP contribution in [-0.2, 0) is 13.5 Å². The highest BCUT2D eigenvalue weighted by atomic mass is 16.1. The average molecular weight is 319 g/mol. The molecule has 6 nitrogen and oxygen atoms in total. The number of fused-ring (bicyclic) bond motifs is 2. The molecule has 0 fully saturated rings. The fourth-order valence-electron chi connectivity index (χ4n) is 2.84. The first kappa shape index (κ1) is 14.4. The van der Waals surface area contributed by atoms with Crippen molar-refractivity contribution >= 4 is 28.0 Å². The normalized spacial score (nSPS) is 11.2.